The summed E-state index contributed by atoms with van der Waals surface area (Å²) in [5.41, 5.74) is 0. The van der Waals surface area contributed by atoms with E-state index >= 15 is 0 Å². The van der Waals surface area contributed by atoms with Crippen LogP contribution in [0, 0.1) is 0 Å². The minimum atomic E-state index is -0.130. The molecule has 0 aliphatic carbocycles. The first-order chi connectivity index (χ1) is 8.26. The number of unbranched alkanes of at least 4 members (excludes halogenated alkanes) is 2. The summed E-state index contributed by atoms with van der Waals surface area (Å²) < 4.78 is 8.76. The number of aryl methyl sites for hydroxylation is 1. The Kier molecular flexibility index (Phi) is 6.54. The van der Waals surface area contributed by atoms with E-state index < -0.39 is 0 Å². The number of anilines is 1. The van der Waals surface area contributed by atoms with Gasteiger partial charge in [-0.05, 0) is 12.8 Å². The van der Waals surface area contributed by atoms with E-state index in [0.717, 1.165) is 43.2 Å². The Balaban J connectivity index is 2.02. The molecular weight excluding hydrogens is 238 g/mol. The van der Waals surface area contributed by atoms with Crippen molar-refractivity contribution < 1.29 is 9.53 Å². The van der Waals surface area contributed by atoms with Gasteiger partial charge in [-0.3, -0.25) is 4.79 Å². The minimum absolute atomic E-state index is 0.130. The molecule has 0 unspecified atom stereocenters. The standard InChI is InChI=1S/C11H19N3O2S/c1-3-9-13-11(17-14-9)12-8-6-4-5-7-10(15)16-2/h3-8H2,1-2H3,(H,12,13,14). The molecule has 0 spiro atoms. The van der Waals surface area contributed by atoms with E-state index in [9.17, 15) is 4.79 Å². The number of carbonyl (C=O) groups excluding carboxylic acids is 1. The Labute approximate surface area is 106 Å². The fourth-order valence-corrected chi connectivity index (χ4v) is 2.01. The number of hydrogen-bond donors (Lipinski definition) is 1. The zero-order valence-electron chi connectivity index (χ0n) is 10.4. The Morgan fingerprint density at radius 1 is 1.41 bits per heavy atom. The maximum atomic E-state index is 10.8. The highest BCUT2D eigenvalue weighted by atomic mass is 32.1. The summed E-state index contributed by atoms with van der Waals surface area (Å²) in [4.78, 5) is 15.2. The van der Waals surface area contributed by atoms with E-state index in [2.05, 4.69) is 19.4 Å². The van der Waals surface area contributed by atoms with Gasteiger partial charge in [-0.1, -0.05) is 13.3 Å². The molecule has 1 N–H and O–H groups in total. The molecule has 6 heteroatoms. The lowest BCUT2D eigenvalue weighted by Crippen LogP contribution is -2.03. The highest BCUT2D eigenvalue weighted by molar-refractivity contribution is 7.09. The molecule has 0 radical (unpaired) electrons. The zero-order chi connectivity index (χ0) is 12.5. The van der Waals surface area contributed by atoms with Crippen LogP contribution in [0.4, 0.5) is 5.13 Å². The van der Waals surface area contributed by atoms with E-state index in [1.807, 2.05) is 6.92 Å². The van der Waals surface area contributed by atoms with Crippen LogP contribution >= 0.6 is 11.5 Å². The first-order valence-corrected chi connectivity index (χ1v) is 6.67. The largest absolute Gasteiger partial charge is 0.469 e. The molecule has 1 aromatic rings. The highest BCUT2D eigenvalue weighted by Crippen LogP contribution is 2.11. The molecule has 0 saturated carbocycles. The van der Waals surface area contributed by atoms with E-state index in [0.29, 0.717) is 6.42 Å². The smallest absolute Gasteiger partial charge is 0.305 e. The average molecular weight is 257 g/mol. The van der Waals surface area contributed by atoms with Crippen molar-refractivity contribution in [1.29, 1.82) is 0 Å². The lowest BCUT2D eigenvalue weighted by Gasteiger charge is -2.01. The monoisotopic (exact) mass is 257 g/mol. The number of nitrogens with one attached hydrogen (secondary N) is 1. The number of ether oxygens (including phenoxy) is 1. The van der Waals surface area contributed by atoms with Crippen LogP contribution in [0.5, 0.6) is 0 Å². The molecule has 0 bridgehead atoms. The van der Waals surface area contributed by atoms with E-state index in [-0.39, 0.29) is 5.97 Å². The maximum absolute atomic E-state index is 10.8. The van der Waals surface area contributed by atoms with Crippen molar-refractivity contribution in [1.82, 2.24) is 9.36 Å². The molecule has 5 nitrogen and oxygen atoms in total. The van der Waals surface area contributed by atoms with Crippen molar-refractivity contribution >= 4 is 22.6 Å². The highest BCUT2D eigenvalue weighted by Gasteiger charge is 2.01. The van der Waals surface area contributed by atoms with Crippen molar-refractivity contribution in [3.05, 3.63) is 5.82 Å². The predicted molar refractivity (Wildman–Crippen MR) is 68.3 cm³/mol. The Morgan fingerprint density at radius 2 is 2.24 bits per heavy atom. The number of nitrogens with zero attached hydrogens (tertiary/aromatic N) is 2. The average Bonchev–Trinajstić information content (AvgIpc) is 2.81. The summed E-state index contributed by atoms with van der Waals surface area (Å²) in [7, 11) is 1.42. The van der Waals surface area contributed by atoms with Crippen molar-refractivity contribution in [2.45, 2.75) is 39.0 Å². The van der Waals surface area contributed by atoms with Crippen LogP contribution in [0.3, 0.4) is 0 Å². The number of carbonyl (C=O) groups is 1. The van der Waals surface area contributed by atoms with Crippen molar-refractivity contribution in [2.75, 3.05) is 19.0 Å². The fourth-order valence-electron chi connectivity index (χ4n) is 1.34. The lowest BCUT2D eigenvalue weighted by molar-refractivity contribution is -0.140. The number of methoxy groups -OCH3 is 1. The molecule has 1 aromatic heterocycles. The van der Waals surface area contributed by atoms with Gasteiger partial charge in [0.2, 0.25) is 5.13 Å². The molecule has 0 saturated heterocycles. The van der Waals surface area contributed by atoms with E-state index in [4.69, 9.17) is 0 Å². The van der Waals surface area contributed by atoms with Crippen LogP contribution in [0.1, 0.15) is 38.4 Å². The quantitative estimate of drug-likeness (QED) is 0.571. The van der Waals surface area contributed by atoms with E-state index in [1.54, 1.807) is 0 Å². The normalized spacial score (nSPS) is 10.2. The topological polar surface area (TPSA) is 64.1 Å². The Bertz CT molecular complexity index is 341. The van der Waals surface area contributed by atoms with Crippen molar-refractivity contribution in [3.8, 4) is 0 Å². The van der Waals surface area contributed by atoms with Gasteiger partial charge in [0.25, 0.3) is 0 Å². The van der Waals surface area contributed by atoms with Gasteiger partial charge in [0.05, 0.1) is 7.11 Å². The van der Waals surface area contributed by atoms with Crippen molar-refractivity contribution in [3.63, 3.8) is 0 Å². The molecule has 0 aliphatic heterocycles. The molecule has 0 amide bonds. The summed E-state index contributed by atoms with van der Waals surface area (Å²) in [6.45, 7) is 2.91. The number of rotatable bonds is 8. The first-order valence-electron chi connectivity index (χ1n) is 5.89. The Hall–Kier alpha value is -1.17. The molecule has 0 aromatic carbocycles. The molecule has 0 atom stereocenters. The molecule has 1 heterocycles. The fraction of sp³-hybridized carbons (Fsp3) is 0.727. The Morgan fingerprint density at radius 3 is 2.88 bits per heavy atom. The molecular formula is C11H19N3O2S. The second-order valence-electron chi connectivity index (χ2n) is 3.68. The third kappa shape index (κ3) is 5.63. The second kappa shape index (κ2) is 8.00. The van der Waals surface area contributed by atoms with Gasteiger partial charge in [-0.25, -0.2) is 4.98 Å². The third-order valence-electron chi connectivity index (χ3n) is 2.35. The van der Waals surface area contributed by atoms with Crippen molar-refractivity contribution in [2.24, 2.45) is 0 Å². The van der Waals surface area contributed by atoms with Gasteiger partial charge in [0.15, 0.2) is 0 Å². The van der Waals surface area contributed by atoms with Crippen LogP contribution < -0.4 is 5.32 Å². The van der Waals surface area contributed by atoms with Gasteiger partial charge in [0.1, 0.15) is 5.82 Å². The SMILES string of the molecule is CCc1nsc(NCCCCCC(=O)OC)n1. The van der Waals surface area contributed by atoms with Gasteiger partial charge >= 0.3 is 5.97 Å². The van der Waals surface area contributed by atoms with Gasteiger partial charge in [-0.15, -0.1) is 0 Å². The minimum Gasteiger partial charge on any atom is -0.469 e. The van der Waals surface area contributed by atoms with Crippen LogP contribution in [0.2, 0.25) is 0 Å². The third-order valence-corrected chi connectivity index (χ3v) is 3.06. The molecule has 17 heavy (non-hydrogen) atoms. The molecule has 96 valence electrons. The second-order valence-corrected chi connectivity index (χ2v) is 4.43. The summed E-state index contributed by atoms with van der Waals surface area (Å²) >= 11 is 1.40. The van der Waals surface area contributed by atoms with E-state index in [1.165, 1.54) is 18.6 Å². The van der Waals surface area contributed by atoms with Gasteiger partial charge < -0.3 is 10.1 Å². The molecule has 1 rings (SSSR count). The summed E-state index contributed by atoms with van der Waals surface area (Å²) in [5, 5.41) is 4.11. The van der Waals surface area contributed by atoms with Gasteiger partial charge in [-0.2, -0.15) is 4.37 Å². The van der Waals surface area contributed by atoms with Crippen LogP contribution in [0.15, 0.2) is 0 Å². The summed E-state index contributed by atoms with van der Waals surface area (Å²) in [5.74, 6) is 0.762. The summed E-state index contributed by atoms with van der Waals surface area (Å²) in [6, 6.07) is 0. The number of esters is 1. The molecule has 0 aliphatic rings. The maximum Gasteiger partial charge on any atom is 0.305 e. The summed E-state index contributed by atoms with van der Waals surface area (Å²) in [6.07, 6.45) is 4.30. The molecule has 0 fully saturated rings. The van der Waals surface area contributed by atoms with Gasteiger partial charge in [0, 0.05) is 30.9 Å². The zero-order valence-corrected chi connectivity index (χ0v) is 11.2. The van der Waals surface area contributed by atoms with Crippen LogP contribution in [0.25, 0.3) is 0 Å². The number of aromatic nitrogens is 2. The first kappa shape index (κ1) is 13.9. The van der Waals surface area contributed by atoms with Crippen LogP contribution in [-0.2, 0) is 16.0 Å². The van der Waals surface area contributed by atoms with Crippen LogP contribution in [-0.4, -0.2) is 29.0 Å². The predicted octanol–water partition coefficient (Wildman–Crippen LogP) is 2.25. The lowest BCUT2D eigenvalue weighted by atomic mass is 10.2. The number of hydrogen-bond acceptors (Lipinski definition) is 6.